The van der Waals surface area contributed by atoms with Crippen LogP contribution in [0.4, 0.5) is 5.69 Å². The van der Waals surface area contributed by atoms with Crippen LogP contribution < -0.4 is 10.2 Å². The lowest BCUT2D eigenvalue weighted by molar-refractivity contribution is -0.384. The second kappa shape index (κ2) is 9.57. The topological polar surface area (TPSA) is 111 Å². The number of hydrazone groups is 1. The van der Waals surface area contributed by atoms with E-state index in [4.69, 9.17) is 4.74 Å². The van der Waals surface area contributed by atoms with Crippen LogP contribution in [-0.2, 0) is 0 Å². The van der Waals surface area contributed by atoms with E-state index >= 15 is 0 Å². The molecule has 9 heteroatoms. The van der Waals surface area contributed by atoms with Crippen LogP contribution in [0.2, 0.25) is 0 Å². The van der Waals surface area contributed by atoms with E-state index in [1.54, 1.807) is 48.5 Å². The predicted octanol–water partition coefficient (Wildman–Crippen LogP) is 4.34. The number of halogens is 1. The maximum absolute atomic E-state index is 12.4. The van der Waals surface area contributed by atoms with Gasteiger partial charge in [-0.3, -0.25) is 14.9 Å². The number of esters is 1. The Hall–Kier alpha value is -3.85. The molecule has 3 aromatic rings. The summed E-state index contributed by atoms with van der Waals surface area (Å²) in [7, 11) is 0. The van der Waals surface area contributed by atoms with Gasteiger partial charge in [0.15, 0.2) is 0 Å². The molecular weight excluding hydrogens is 454 g/mol. The number of nitrogens with zero attached hydrogens (tertiary/aromatic N) is 2. The molecule has 0 radical (unpaired) electrons. The van der Waals surface area contributed by atoms with Crippen LogP contribution in [0.25, 0.3) is 0 Å². The third-order valence-corrected chi connectivity index (χ3v) is 4.62. The summed E-state index contributed by atoms with van der Waals surface area (Å²) in [5, 5.41) is 14.5. The van der Waals surface area contributed by atoms with Gasteiger partial charge in [-0.1, -0.05) is 24.3 Å². The van der Waals surface area contributed by atoms with E-state index < -0.39 is 16.8 Å². The van der Waals surface area contributed by atoms with Crippen molar-refractivity contribution in [1.82, 2.24) is 5.43 Å². The van der Waals surface area contributed by atoms with E-state index in [0.717, 1.165) is 0 Å². The highest BCUT2D eigenvalue weighted by Crippen LogP contribution is 2.21. The lowest BCUT2D eigenvalue weighted by Crippen LogP contribution is -2.17. The highest BCUT2D eigenvalue weighted by atomic mass is 79.9. The van der Waals surface area contributed by atoms with E-state index in [1.165, 1.54) is 30.5 Å². The van der Waals surface area contributed by atoms with Crippen LogP contribution >= 0.6 is 15.9 Å². The van der Waals surface area contributed by atoms with Gasteiger partial charge < -0.3 is 4.74 Å². The standard InChI is InChI=1S/C21H14BrN3O5/c22-18-7-3-2-6-17(18)21(27)30-19-8-4-1-5-15(19)13-23-24-20(26)14-9-11-16(12-10-14)25(28)29/h1-13H,(H,24,26)/b23-13-. The molecule has 8 nitrogen and oxygen atoms in total. The number of ether oxygens (including phenoxy) is 1. The normalized spacial score (nSPS) is 10.6. The third-order valence-electron chi connectivity index (χ3n) is 3.93. The van der Waals surface area contributed by atoms with Crippen molar-refractivity contribution in [2.24, 2.45) is 5.10 Å². The number of non-ortho nitro benzene ring substituents is 1. The minimum Gasteiger partial charge on any atom is -0.422 e. The summed E-state index contributed by atoms with van der Waals surface area (Å²) in [5.74, 6) is -0.811. The van der Waals surface area contributed by atoms with Crippen molar-refractivity contribution < 1.29 is 19.2 Å². The van der Waals surface area contributed by atoms with Gasteiger partial charge in [-0.15, -0.1) is 0 Å². The first-order chi connectivity index (χ1) is 14.5. The number of para-hydroxylation sites is 1. The van der Waals surface area contributed by atoms with Gasteiger partial charge in [-0.05, 0) is 52.3 Å². The number of rotatable bonds is 6. The maximum Gasteiger partial charge on any atom is 0.344 e. The molecule has 1 N–H and O–H groups in total. The number of amides is 1. The van der Waals surface area contributed by atoms with Gasteiger partial charge in [0.25, 0.3) is 11.6 Å². The average Bonchev–Trinajstić information content (AvgIpc) is 2.75. The molecule has 150 valence electrons. The lowest BCUT2D eigenvalue weighted by atomic mass is 10.2. The minimum absolute atomic E-state index is 0.115. The summed E-state index contributed by atoms with van der Waals surface area (Å²) in [4.78, 5) is 34.7. The Bertz CT molecular complexity index is 1130. The second-order valence-electron chi connectivity index (χ2n) is 5.91. The van der Waals surface area contributed by atoms with Crippen LogP contribution in [0, 0.1) is 10.1 Å². The lowest BCUT2D eigenvalue weighted by Gasteiger charge is -2.08. The highest BCUT2D eigenvalue weighted by molar-refractivity contribution is 9.10. The molecule has 0 bridgehead atoms. The second-order valence-corrected chi connectivity index (χ2v) is 6.76. The molecule has 0 unspecified atom stereocenters. The van der Waals surface area contributed by atoms with Crippen LogP contribution in [0.1, 0.15) is 26.3 Å². The largest absolute Gasteiger partial charge is 0.422 e. The molecule has 0 aliphatic carbocycles. The molecular formula is C21H14BrN3O5. The predicted molar refractivity (Wildman–Crippen MR) is 114 cm³/mol. The SMILES string of the molecule is O=C(N/N=C\c1ccccc1OC(=O)c1ccccc1Br)c1ccc([N+](=O)[O-])cc1. The molecule has 1 amide bonds. The zero-order valence-corrected chi connectivity index (χ0v) is 16.9. The molecule has 0 saturated heterocycles. The molecule has 0 atom stereocenters. The van der Waals surface area contributed by atoms with Crippen LogP contribution in [0.15, 0.2) is 82.4 Å². The first kappa shape index (κ1) is 20.9. The fourth-order valence-corrected chi connectivity index (χ4v) is 2.87. The third kappa shape index (κ3) is 5.15. The zero-order valence-electron chi connectivity index (χ0n) is 15.3. The summed E-state index contributed by atoms with van der Waals surface area (Å²) in [6.45, 7) is 0. The summed E-state index contributed by atoms with van der Waals surface area (Å²) < 4.78 is 6.06. The van der Waals surface area contributed by atoms with Crippen molar-refractivity contribution in [3.8, 4) is 5.75 Å². The van der Waals surface area contributed by atoms with Crippen molar-refractivity contribution in [1.29, 1.82) is 0 Å². The van der Waals surface area contributed by atoms with Crippen LogP contribution in [-0.4, -0.2) is 23.0 Å². The number of nitro benzene ring substituents is 1. The monoisotopic (exact) mass is 467 g/mol. The Morgan fingerprint density at radius 3 is 2.37 bits per heavy atom. The van der Waals surface area contributed by atoms with E-state index in [2.05, 4.69) is 26.5 Å². The first-order valence-electron chi connectivity index (χ1n) is 8.59. The summed E-state index contributed by atoms with van der Waals surface area (Å²) >= 11 is 3.31. The Kier molecular flexibility index (Phi) is 6.66. The molecule has 30 heavy (non-hydrogen) atoms. The maximum atomic E-state index is 12.4. The molecule has 0 aliphatic heterocycles. The minimum atomic E-state index is -0.550. The van der Waals surface area contributed by atoms with E-state index in [-0.39, 0.29) is 17.0 Å². The highest BCUT2D eigenvalue weighted by Gasteiger charge is 2.14. The van der Waals surface area contributed by atoms with Crippen molar-refractivity contribution in [3.63, 3.8) is 0 Å². The van der Waals surface area contributed by atoms with Crippen LogP contribution in [0.5, 0.6) is 5.75 Å². The molecule has 0 fully saturated rings. The molecule has 0 aliphatic rings. The Labute approximate surface area is 179 Å². The number of hydrogen-bond acceptors (Lipinski definition) is 6. The fraction of sp³-hybridized carbons (Fsp3) is 0. The fourth-order valence-electron chi connectivity index (χ4n) is 2.42. The summed E-state index contributed by atoms with van der Waals surface area (Å²) in [6, 6.07) is 18.7. The van der Waals surface area contributed by atoms with Gasteiger partial charge >= 0.3 is 5.97 Å². The molecule has 0 spiro atoms. The van der Waals surface area contributed by atoms with E-state index in [9.17, 15) is 19.7 Å². The zero-order chi connectivity index (χ0) is 21.5. The molecule has 3 aromatic carbocycles. The number of nitro groups is 1. The smallest absolute Gasteiger partial charge is 0.344 e. The van der Waals surface area contributed by atoms with Crippen molar-refractivity contribution in [3.05, 3.63) is 104 Å². The van der Waals surface area contributed by atoms with Gasteiger partial charge in [0.05, 0.1) is 16.7 Å². The molecule has 3 rings (SSSR count). The number of hydrogen-bond donors (Lipinski definition) is 1. The summed E-state index contributed by atoms with van der Waals surface area (Å²) in [6.07, 6.45) is 1.34. The number of benzene rings is 3. The number of carbonyl (C=O) groups is 2. The van der Waals surface area contributed by atoms with Crippen LogP contribution in [0.3, 0.4) is 0 Å². The quantitative estimate of drug-likeness (QED) is 0.190. The van der Waals surface area contributed by atoms with Gasteiger partial charge in [-0.2, -0.15) is 5.10 Å². The summed E-state index contributed by atoms with van der Waals surface area (Å²) in [5.41, 5.74) is 3.27. The van der Waals surface area contributed by atoms with Gasteiger partial charge in [-0.25, -0.2) is 10.2 Å². The Morgan fingerprint density at radius 1 is 1.00 bits per heavy atom. The van der Waals surface area contributed by atoms with Crippen molar-refractivity contribution >= 4 is 39.7 Å². The van der Waals surface area contributed by atoms with E-state index in [0.29, 0.717) is 15.6 Å². The van der Waals surface area contributed by atoms with Crippen molar-refractivity contribution in [2.45, 2.75) is 0 Å². The van der Waals surface area contributed by atoms with Gasteiger partial charge in [0.1, 0.15) is 5.75 Å². The van der Waals surface area contributed by atoms with Gasteiger partial charge in [0.2, 0.25) is 0 Å². The number of nitrogens with one attached hydrogen (secondary N) is 1. The molecule has 0 aromatic heterocycles. The average molecular weight is 468 g/mol. The molecule has 0 saturated carbocycles. The molecule has 0 heterocycles. The van der Waals surface area contributed by atoms with E-state index in [1.807, 2.05) is 0 Å². The Morgan fingerprint density at radius 2 is 1.67 bits per heavy atom. The van der Waals surface area contributed by atoms with Gasteiger partial charge in [0, 0.05) is 27.7 Å². The number of carbonyl (C=O) groups excluding carboxylic acids is 2. The first-order valence-corrected chi connectivity index (χ1v) is 9.38. The Balaban J connectivity index is 1.69. The van der Waals surface area contributed by atoms with Crippen molar-refractivity contribution in [2.75, 3.05) is 0 Å².